The minimum atomic E-state index is -0.579. The van der Waals surface area contributed by atoms with Gasteiger partial charge in [-0.1, -0.05) is 69.3 Å². The van der Waals surface area contributed by atoms with Gasteiger partial charge in [0, 0.05) is 11.6 Å². The van der Waals surface area contributed by atoms with E-state index in [0.717, 1.165) is 12.0 Å². The summed E-state index contributed by atoms with van der Waals surface area (Å²) in [5.41, 5.74) is 7.06. The van der Waals surface area contributed by atoms with Crippen molar-refractivity contribution >= 4 is 23.2 Å². The Balaban J connectivity index is 1.36. The number of carbonyl (C=O) groups is 2. The monoisotopic (exact) mass is 471 g/mol. The predicted octanol–water partition coefficient (Wildman–Crippen LogP) is 6.02. The van der Waals surface area contributed by atoms with E-state index in [2.05, 4.69) is 60.9 Å². The third-order valence-electron chi connectivity index (χ3n) is 6.32. The second-order valence-corrected chi connectivity index (χ2v) is 10.0. The Bertz CT molecular complexity index is 1280. The molecule has 0 aliphatic heterocycles. The van der Waals surface area contributed by atoms with Gasteiger partial charge in [0.2, 0.25) is 5.91 Å². The van der Waals surface area contributed by atoms with Crippen LogP contribution in [0.15, 0.2) is 77.9 Å². The van der Waals surface area contributed by atoms with E-state index in [-0.39, 0.29) is 28.7 Å². The fraction of sp³-hybridized carbons (Fsp3) is 0.276. The highest BCUT2D eigenvalue weighted by molar-refractivity contribution is 6.06. The molecule has 2 N–H and O–H groups in total. The molecule has 1 fully saturated rings. The summed E-state index contributed by atoms with van der Waals surface area (Å²) in [4.78, 5) is 25.0. The lowest BCUT2D eigenvalue weighted by Crippen LogP contribution is -2.21. The number of nitrogens with one attached hydrogen (secondary N) is 2. The summed E-state index contributed by atoms with van der Waals surface area (Å²) in [6, 6.07) is 21.4. The van der Waals surface area contributed by atoms with Crippen molar-refractivity contribution in [3.8, 4) is 0 Å². The van der Waals surface area contributed by atoms with Crippen molar-refractivity contribution in [2.24, 2.45) is 11.0 Å². The molecule has 180 valence electrons. The third kappa shape index (κ3) is 5.83. The molecule has 0 aromatic heterocycles. The van der Waals surface area contributed by atoms with Gasteiger partial charge in [0.1, 0.15) is 5.82 Å². The lowest BCUT2D eigenvalue weighted by atomic mass is 9.86. The minimum absolute atomic E-state index is 0.0254. The van der Waals surface area contributed by atoms with Gasteiger partial charge in [0.05, 0.1) is 11.3 Å². The predicted molar refractivity (Wildman–Crippen MR) is 137 cm³/mol. The molecule has 2 unspecified atom stereocenters. The van der Waals surface area contributed by atoms with Gasteiger partial charge in [-0.05, 0) is 65.6 Å². The van der Waals surface area contributed by atoms with E-state index in [1.807, 2.05) is 6.07 Å². The molecule has 1 saturated carbocycles. The Kier molecular flexibility index (Phi) is 6.83. The van der Waals surface area contributed by atoms with Crippen molar-refractivity contribution in [1.82, 2.24) is 5.43 Å². The first kappa shape index (κ1) is 24.3. The number of hydrazone groups is 1. The van der Waals surface area contributed by atoms with Crippen LogP contribution in [-0.4, -0.2) is 17.5 Å². The molecule has 0 spiro atoms. The summed E-state index contributed by atoms with van der Waals surface area (Å²) < 4.78 is 13.9. The summed E-state index contributed by atoms with van der Waals surface area (Å²) in [5, 5.41) is 6.97. The summed E-state index contributed by atoms with van der Waals surface area (Å²) >= 11 is 0. The number of amides is 2. The lowest BCUT2D eigenvalue weighted by molar-refractivity contribution is -0.122. The number of carbonyl (C=O) groups excluding carboxylic acids is 2. The Labute approximate surface area is 205 Å². The molecule has 1 aliphatic carbocycles. The van der Waals surface area contributed by atoms with Gasteiger partial charge >= 0.3 is 0 Å². The quantitative estimate of drug-likeness (QED) is 0.341. The number of hydrogen-bond donors (Lipinski definition) is 2. The van der Waals surface area contributed by atoms with Crippen LogP contribution >= 0.6 is 0 Å². The van der Waals surface area contributed by atoms with Crippen molar-refractivity contribution in [2.75, 3.05) is 5.32 Å². The van der Waals surface area contributed by atoms with E-state index >= 15 is 0 Å². The van der Waals surface area contributed by atoms with Crippen molar-refractivity contribution in [1.29, 1.82) is 0 Å². The molecule has 2 amide bonds. The Morgan fingerprint density at radius 2 is 1.69 bits per heavy atom. The Morgan fingerprint density at radius 3 is 2.37 bits per heavy atom. The van der Waals surface area contributed by atoms with Gasteiger partial charge < -0.3 is 5.32 Å². The Morgan fingerprint density at radius 1 is 0.971 bits per heavy atom. The third-order valence-corrected chi connectivity index (χ3v) is 6.32. The number of nitrogens with zero attached hydrogens (tertiary/aromatic N) is 1. The number of rotatable bonds is 6. The van der Waals surface area contributed by atoms with Crippen LogP contribution < -0.4 is 10.7 Å². The maximum Gasteiger partial charge on any atom is 0.258 e. The number of benzene rings is 3. The van der Waals surface area contributed by atoms with Crippen LogP contribution in [0.3, 0.4) is 0 Å². The zero-order valence-corrected chi connectivity index (χ0v) is 20.4. The van der Waals surface area contributed by atoms with Crippen molar-refractivity contribution in [3.05, 3.63) is 101 Å². The van der Waals surface area contributed by atoms with Gasteiger partial charge in [-0.3, -0.25) is 9.59 Å². The average molecular weight is 472 g/mol. The van der Waals surface area contributed by atoms with Crippen molar-refractivity contribution in [3.63, 3.8) is 0 Å². The molecule has 5 nitrogen and oxygen atoms in total. The summed E-state index contributed by atoms with van der Waals surface area (Å²) in [6.07, 6.45) is 0.812. The normalized spacial score (nSPS) is 17.6. The topological polar surface area (TPSA) is 70.6 Å². The maximum absolute atomic E-state index is 13.9. The van der Waals surface area contributed by atoms with Crippen LogP contribution in [0.25, 0.3) is 0 Å². The first-order valence-corrected chi connectivity index (χ1v) is 11.7. The first-order chi connectivity index (χ1) is 16.6. The first-order valence-electron chi connectivity index (χ1n) is 11.7. The van der Waals surface area contributed by atoms with E-state index in [0.29, 0.717) is 11.4 Å². The van der Waals surface area contributed by atoms with Crippen LogP contribution in [0.5, 0.6) is 0 Å². The highest BCUT2D eigenvalue weighted by atomic mass is 19.1. The van der Waals surface area contributed by atoms with Crippen molar-refractivity contribution in [2.45, 2.75) is 45.4 Å². The van der Waals surface area contributed by atoms with Gasteiger partial charge in [-0.25, -0.2) is 9.82 Å². The summed E-state index contributed by atoms with van der Waals surface area (Å²) in [5.74, 6) is -1.07. The van der Waals surface area contributed by atoms with Crippen LogP contribution in [0.2, 0.25) is 0 Å². The summed E-state index contributed by atoms with van der Waals surface area (Å²) in [7, 11) is 0. The minimum Gasteiger partial charge on any atom is -0.322 e. The molecule has 3 aromatic rings. The van der Waals surface area contributed by atoms with Gasteiger partial charge in [-0.15, -0.1) is 0 Å². The molecule has 35 heavy (non-hydrogen) atoms. The van der Waals surface area contributed by atoms with Crippen molar-refractivity contribution < 1.29 is 14.0 Å². The molecular formula is C29H30FN3O2. The van der Waals surface area contributed by atoms with Gasteiger partial charge in [0.25, 0.3) is 5.91 Å². The van der Waals surface area contributed by atoms with Crippen LogP contribution in [0.4, 0.5) is 10.1 Å². The molecule has 0 radical (unpaired) electrons. The van der Waals surface area contributed by atoms with E-state index in [1.165, 1.54) is 29.3 Å². The SMILES string of the molecule is C/C(=N/NC(=O)C1CC1c1ccc(C(C)(C)C)cc1)c1cccc(NC(=O)c2ccccc2F)c1. The highest BCUT2D eigenvalue weighted by Crippen LogP contribution is 2.47. The molecular weight excluding hydrogens is 441 g/mol. The average Bonchev–Trinajstić information content (AvgIpc) is 3.63. The molecule has 6 heteroatoms. The van der Waals surface area contributed by atoms with Crippen LogP contribution in [0.1, 0.15) is 67.1 Å². The zero-order chi connectivity index (χ0) is 25.2. The van der Waals surface area contributed by atoms with Crippen LogP contribution in [-0.2, 0) is 10.2 Å². The zero-order valence-electron chi connectivity index (χ0n) is 20.4. The number of hydrogen-bond acceptors (Lipinski definition) is 3. The van der Waals surface area contributed by atoms with Gasteiger partial charge in [-0.2, -0.15) is 5.10 Å². The molecule has 0 bridgehead atoms. The smallest absolute Gasteiger partial charge is 0.258 e. The fourth-order valence-electron chi connectivity index (χ4n) is 4.04. The Hall–Kier alpha value is -3.80. The number of halogens is 1. The molecule has 0 saturated heterocycles. The van der Waals surface area contributed by atoms with Crippen LogP contribution in [0, 0.1) is 11.7 Å². The lowest BCUT2D eigenvalue weighted by Gasteiger charge is -2.19. The van der Waals surface area contributed by atoms with E-state index < -0.39 is 11.7 Å². The second-order valence-electron chi connectivity index (χ2n) is 10.0. The van der Waals surface area contributed by atoms with E-state index in [1.54, 1.807) is 31.2 Å². The second kappa shape index (κ2) is 9.82. The molecule has 1 aliphatic rings. The summed E-state index contributed by atoms with van der Waals surface area (Å²) in [6.45, 7) is 8.33. The fourth-order valence-corrected chi connectivity index (χ4v) is 4.04. The van der Waals surface area contributed by atoms with E-state index in [9.17, 15) is 14.0 Å². The number of anilines is 1. The van der Waals surface area contributed by atoms with Gasteiger partial charge in [0.15, 0.2) is 0 Å². The molecule has 4 rings (SSSR count). The standard InChI is InChI=1S/C29H30FN3O2/c1-18(20-8-7-9-22(16-20)31-27(34)23-10-5-6-11-26(23)30)32-33-28(35)25-17-24(25)19-12-14-21(15-13-19)29(2,3)4/h5-16,24-25H,17H2,1-4H3,(H,31,34)(H,33,35)/b32-18-. The highest BCUT2D eigenvalue weighted by Gasteiger charge is 2.44. The molecule has 0 heterocycles. The van der Waals surface area contributed by atoms with E-state index in [4.69, 9.17) is 0 Å². The maximum atomic E-state index is 13.9. The molecule has 3 aromatic carbocycles. The largest absolute Gasteiger partial charge is 0.322 e. The molecule has 2 atom stereocenters.